The Morgan fingerprint density at radius 3 is 1.56 bits per heavy atom. The molecule has 0 aliphatic carbocycles. The Balaban J connectivity index is 0.000000198. The number of amides is 1. The number of aryl methyl sites for hydroxylation is 2. The van der Waals surface area contributed by atoms with Gasteiger partial charge in [0, 0.05) is 66.6 Å². The Morgan fingerprint density at radius 2 is 1.15 bits per heavy atom. The highest BCUT2D eigenvalue weighted by Gasteiger charge is 2.24. The monoisotopic (exact) mass is 1120 g/mol. The lowest BCUT2D eigenvalue weighted by molar-refractivity contribution is 0.0695. The number of aromatic carboxylic acids is 1. The molecular weight excluding hydrogens is 1060 g/mol. The number of halogens is 3. The highest BCUT2D eigenvalue weighted by atomic mass is 35.5. The van der Waals surface area contributed by atoms with E-state index in [1.54, 1.807) is 81.9 Å². The van der Waals surface area contributed by atoms with Gasteiger partial charge in [0.15, 0.2) is 11.3 Å². The van der Waals surface area contributed by atoms with Crippen LogP contribution in [0.5, 0.6) is 0 Å². The third kappa shape index (κ3) is 13.8. The van der Waals surface area contributed by atoms with Gasteiger partial charge in [-0.05, 0) is 86.6 Å². The summed E-state index contributed by atoms with van der Waals surface area (Å²) in [6.45, 7) is 19.1. The molecule has 0 aliphatic rings. The van der Waals surface area contributed by atoms with Crippen LogP contribution in [0.2, 0.25) is 51.4 Å². The molecule has 0 spiro atoms. The Hall–Kier alpha value is -7.42. The number of hydrogen-bond donors (Lipinski definition) is 3. The normalized spacial score (nSPS) is 12.5. The van der Waals surface area contributed by atoms with Gasteiger partial charge < -0.3 is 43.6 Å². The Labute approximate surface area is 457 Å². The van der Waals surface area contributed by atoms with Crippen LogP contribution in [-0.4, -0.2) is 95.0 Å². The number of rotatable bonds is 17. The van der Waals surface area contributed by atoms with Gasteiger partial charge in [-0.3, -0.25) is 14.2 Å². The fraction of sp³-hybridized carbons (Fsp3) is 0.333. The van der Waals surface area contributed by atoms with E-state index in [0.29, 0.717) is 80.5 Å². The predicted octanol–water partition coefficient (Wildman–Crippen LogP) is 11.4. The number of carboxylic acid groups (broad SMARTS) is 1. The Kier molecular flexibility index (Phi) is 18.3. The van der Waals surface area contributed by atoms with E-state index >= 15 is 0 Å². The van der Waals surface area contributed by atoms with Crippen molar-refractivity contribution in [2.75, 3.05) is 13.2 Å². The zero-order valence-electron chi connectivity index (χ0n) is 45.2. The second kappa shape index (κ2) is 24.5. The summed E-state index contributed by atoms with van der Waals surface area (Å²) in [6.07, 6.45) is 9.59. The number of aromatic nitrogens is 10. The third-order valence-corrected chi connectivity index (χ3v) is 15.9. The largest absolute Gasteiger partial charge is 0.478 e. The lowest BCUT2D eigenvalue weighted by atomic mass is 10.1. The first-order valence-corrected chi connectivity index (χ1v) is 32.5. The molecule has 10 rings (SSSR count). The first-order valence-electron chi connectivity index (χ1n) is 25.0. The van der Waals surface area contributed by atoms with Crippen molar-refractivity contribution < 1.29 is 41.8 Å². The van der Waals surface area contributed by atoms with Crippen LogP contribution in [0.3, 0.4) is 0 Å². The van der Waals surface area contributed by atoms with Crippen molar-refractivity contribution in [1.82, 2.24) is 53.9 Å². The van der Waals surface area contributed by atoms with Crippen LogP contribution in [0, 0.1) is 11.6 Å². The van der Waals surface area contributed by atoms with Crippen molar-refractivity contribution >= 4 is 84.6 Å². The average molecular weight is 1120 g/mol. The van der Waals surface area contributed by atoms with Crippen molar-refractivity contribution in [2.24, 2.45) is 19.8 Å². The number of furan rings is 2. The smallest absolute Gasteiger partial charge is 0.339 e. The summed E-state index contributed by atoms with van der Waals surface area (Å²) in [6, 6.07) is 17.9. The van der Waals surface area contributed by atoms with Crippen molar-refractivity contribution in [3.8, 4) is 22.8 Å². The number of carbonyl (C=O) groups is 2. The van der Waals surface area contributed by atoms with E-state index in [4.69, 9.17) is 29.0 Å². The highest BCUT2D eigenvalue weighted by molar-refractivity contribution is 6.76. The molecule has 0 bridgehead atoms. The summed E-state index contributed by atoms with van der Waals surface area (Å²) in [4.78, 5) is 43.7. The number of ether oxygens (including phenoxy) is 2. The Bertz CT molecular complexity index is 3680. The first kappa shape index (κ1) is 58.3. The predicted molar refractivity (Wildman–Crippen MR) is 303 cm³/mol. The maximum atomic E-state index is 13.8. The van der Waals surface area contributed by atoms with Crippen molar-refractivity contribution in [3.63, 3.8) is 0 Å². The molecular formula is C54H65ClF2N12O7Si2. The van der Waals surface area contributed by atoms with Gasteiger partial charge >= 0.3 is 5.97 Å². The molecule has 2 atom stereocenters. The van der Waals surface area contributed by atoms with E-state index in [-0.39, 0.29) is 66.6 Å². The van der Waals surface area contributed by atoms with Crippen LogP contribution < -0.4 is 11.1 Å². The average Bonchev–Trinajstić information content (AvgIpc) is 4.43. The summed E-state index contributed by atoms with van der Waals surface area (Å²) in [5.74, 6) is -0.613. The molecule has 412 valence electrons. The number of nitrogens with zero attached hydrogens (tertiary/aromatic N) is 10. The number of carbonyl (C=O) groups excluding carboxylic acids is 1. The van der Waals surface area contributed by atoms with Gasteiger partial charge in [-0.25, -0.2) is 33.5 Å². The quantitative estimate of drug-likeness (QED) is 0.0568. The number of nitrogens with two attached hydrogens (primary N) is 1. The number of hydrogen-bond acceptors (Lipinski definition) is 13. The van der Waals surface area contributed by atoms with Gasteiger partial charge in [-0.15, -0.1) is 12.4 Å². The third-order valence-electron chi connectivity index (χ3n) is 12.5. The van der Waals surface area contributed by atoms with Crippen molar-refractivity contribution in [2.45, 2.75) is 90.8 Å². The van der Waals surface area contributed by atoms with Crippen LogP contribution in [0.1, 0.15) is 58.2 Å². The fourth-order valence-corrected chi connectivity index (χ4v) is 9.72. The van der Waals surface area contributed by atoms with E-state index in [0.717, 1.165) is 23.2 Å². The molecule has 24 heteroatoms. The molecule has 1 amide bonds. The van der Waals surface area contributed by atoms with Crippen molar-refractivity contribution in [1.29, 1.82) is 0 Å². The lowest BCUT2D eigenvalue weighted by Gasteiger charge is -2.15. The molecule has 8 aromatic heterocycles. The summed E-state index contributed by atoms with van der Waals surface area (Å²) < 4.78 is 56.2. The SMILES string of the molecule is C[C@@H](N)c1ccco1.C[C@@H](NC(=O)c1cn(COCC[Si](C)(C)C)c2ncc(-c3nn(C)c4cc(F)ccc34)nc12)c1ccco1.Cl.Cn1nc(-c2cnc3c(n2)c(C(=O)O)cn3COCC[Si](C)(C)C)c2ccc(F)cc21. The molecule has 78 heavy (non-hydrogen) atoms. The number of carboxylic acids is 1. The summed E-state index contributed by atoms with van der Waals surface area (Å²) in [5, 5.41) is 23.1. The topological polar surface area (TPSA) is 234 Å². The zero-order valence-corrected chi connectivity index (χ0v) is 48.1. The maximum absolute atomic E-state index is 13.8. The van der Waals surface area contributed by atoms with E-state index in [1.807, 2.05) is 32.0 Å². The minimum absolute atomic E-state index is 0. The molecule has 8 heterocycles. The molecule has 0 saturated carbocycles. The molecule has 0 aliphatic heterocycles. The standard InChI is InChI=1S/C27H31FN6O3Si.C21H24FN5O3Si.C6H9NO.ClH/c1-17(23-7-6-10-37-23)30-27(35)20-15-34(16-36-11-12-38(3,4)5)26-25(20)31-21(14-29-26)24-19-9-8-18(28)13-22(19)33(2)32-24;1-26-17-9-13(22)5-6-14(17)18(25-26)16-10-23-20-19(24-16)15(21(28)29)11-27(20)12-30-7-8-31(2,3)4;1-5(7)6-3-2-4-8-6;/h6-10,13-15,17H,11-12,16H2,1-5H3,(H,30,35);5-6,9-11H,7-8,12H2,1-4H3,(H,28,29);2-5H,7H2,1H3;1H/t17-;;5-;/m1.1./s1. The number of nitrogens with one attached hydrogen (secondary N) is 1. The minimum atomic E-state index is -1.24. The van der Waals surface area contributed by atoms with E-state index < -0.39 is 22.1 Å². The van der Waals surface area contributed by atoms with E-state index in [1.165, 1.54) is 30.5 Å². The zero-order chi connectivity index (χ0) is 55.3. The van der Waals surface area contributed by atoms with Crippen molar-refractivity contribution in [3.05, 3.63) is 132 Å². The lowest BCUT2D eigenvalue weighted by Crippen LogP contribution is -2.26. The number of fused-ring (bicyclic) bond motifs is 4. The van der Waals surface area contributed by atoms with Gasteiger partial charge in [-0.1, -0.05) is 39.3 Å². The minimum Gasteiger partial charge on any atom is -0.478 e. The van der Waals surface area contributed by atoms with Crippen LogP contribution in [-0.2, 0) is 37.0 Å². The molecule has 0 saturated heterocycles. The molecule has 0 radical (unpaired) electrons. The van der Waals surface area contributed by atoms with Crippen LogP contribution in [0.4, 0.5) is 8.78 Å². The Morgan fingerprint density at radius 1 is 0.705 bits per heavy atom. The van der Waals surface area contributed by atoms with Crippen LogP contribution >= 0.6 is 12.4 Å². The molecule has 0 fully saturated rings. The van der Waals surface area contributed by atoms with Gasteiger partial charge in [0.05, 0.1) is 53.6 Å². The van der Waals surface area contributed by atoms with Gasteiger partial charge in [0.2, 0.25) is 0 Å². The number of benzene rings is 2. The fourth-order valence-electron chi connectivity index (χ4n) is 8.21. The van der Waals surface area contributed by atoms with Gasteiger partial charge in [0.1, 0.15) is 76.0 Å². The summed E-state index contributed by atoms with van der Waals surface area (Å²) in [5.41, 5.74) is 10.8. The molecule has 10 aromatic rings. The summed E-state index contributed by atoms with van der Waals surface area (Å²) in [7, 11) is 1.00. The second-order valence-electron chi connectivity index (χ2n) is 21.2. The van der Waals surface area contributed by atoms with E-state index in [9.17, 15) is 23.5 Å². The molecule has 0 unspecified atom stereocenters. The maximum Gasteiger partial charge on any atom is 0.339 e. The van der Waals surface area contributed by atoms with Gasteiger partial charge in [0.25, 0.3) is 5.91 Å². The summed E-state index contributed by atoms with van der Waals surface area (Å²) >= 11 is 0. The van der Waals surface area contributed by atoms with Gasteiger partial charge in [-0.2, -0.15) is 10.2 Å². The van der Waals surface area contributed by atoms with E-state index in [2.05, 4.69) is 69.7 Å². The second-order valence-corrected chi connectivity index (χ2v) is 32.4. The van der Waals surface area contributed by atoms with Crippen LogP contribution in [0.25, 0.3) is 66.9 Å². The molecule has 2 aromatic carbocycles. The molecule has 4 N–H and O–H groups in total. The highest BCUT2D eigenvalue weighted by Crippen LogP contribution is 2.31. The first-order chi connectivity index (χ1) is 36.5. The van der Waals surface area contributed by atoms with Crippen LogP contribution in [0.15, 0.2) is 107 Å². The molecule has 19 nitrogen and oxygen atoms in total.